The minimum absolute atomic E-state index is 0.00115. The van der Waals surface area contributed by atoms with E-state index in [1.54, 1.807) is 31.4 Å². The Hall–Kier alpha value is -2.25. The second-order valence-corrected chi connectivity index (χ2v) is 4.15. The summed E-state index contributed by atoms with van der Waals surface area (Å²) in [5.41, 5.74) is 0.801. The standard InChI is InChI=1S/C14H10ClNO3/c1-18-10-4-2-9(3-5-10)12(8-16)13(17)11-6-7-19-14(11)15/h2-7,12H,1H3. The van der Waals surface area contributed by atoms with Crippen LogP contribution in [0.25, 0.3) is 0 Å². The van der Waals surface area contributed by atoms with Crippen LogP contribution in [0.1, 0.15) is 21.8 Å². The summed E-state index contributed by atoms with van der Waals surface area (Å²) in [6.45, 7) is 0. The fourth-order valence-electron chi connectivity index (χ4n) is 1.71. The maximum absolute atomic E-state index is 12.2. The second kappa shape index (κ2) is 5.59. The van der Waals surface area contributed by atoms with Crippen LogP contribution in [0.15, 0.2) is 41.0 Å². The Bertz CT molecular complexity index is 625. The molecule has 1 heterocycles. The van der Waals surface area contributed by atoms with Crippen molar-refractivity contribution in [1.29, 1.82) is 5.26 Å². The SMILES string of the molecule is COc1ccc(C(C#N)C(=O)c2ccoc2Cl)cc1. The maximum Gasteiger partial charge on any atom is 0.203 e. The van der Waals surface area contributed by atoms with Crippen molar-refractivity contribution in [3.05, 3.63) is 52.9 Å². The number of carbonyl (C=O) groups is 1. The van der Waals surface area contributed by atoms with E-state index in [0.717, 1.165) is 0 Å². The number of furan rings is 1. The van der Waals surface area contributed by atoms with Gasteiger partial charge < -0.3 is 9.15 Å². The van der Waals surface area contributed by atoms with E-state index < -0.39 is 5.92 Å². The van der Waals surface area contributed by atoms with E-state index >= 15 is 0 Å². The van der Waals surface area contributed by atoms with Crippen molar-refractivity contribution in [2.75, 3.05) is 7.11 Å². The van der Waals surface area contributed by atoms with Gasteiger partial charge >= 0.3 is 0 Å². The molecule has 0 spiro atoms. The molecule has 0 saturated carbocycles. The molecule has 1 aromatic carbocycles. The zero-order valence-electron chi connectivity index (χ0n) is 10.1. The predicted octanol–water partition coefficient (Wildman–Crippen LogP) is 3.43. The Labute approximate surface area is 115 Å². The third-order valence-corrected chi connectivity index (χ3v) is 3.02. The van der Waals surface area contributed by atoms with E-state index in [4.69, 9.17) is 20.8 Å². The highest BCUT2D eigenvalue weighted by atomic mass is 35.5. The van der Waals surface area contributed by atoms with Gasteiger partial charge in [-0.15, -0.1) is 0 Å². The molecule has 19 heavy (non-hydrogen) atoms. The number of nitrogens with zero attached hydrogens (tertiary/aromatic N) is 1. The number of carbonyl (C=O) groups excluding carboxylic acids is 1. The highest BCUT2D eigenvalue weighted by Crippen LogP contribution is 2.26. The fraction of sp³-hybridized carbons (Fsp3) is 0.143. The largest absolute Gasteiger partial charge is 0.497 e. The monoisotopic (exact) mass is 275 g/mol. The van der Waals surface area contributed by atoms with Crippen molar-refractivity contribution < 1.29 is 13.9 Å². The van der Waals surface area contributed by atoms with Crippen molar-refractivity contribution in [3.8, 4) is 11.8 Å². The normalized spacial score (nSPS) is 11.6. The minimum Gasteiger partial charge on any atom is -0.497 e. The van der Waals surface area contributed by atoms with Gasteiger partial charge in [0.2, 0.25) is 5.22 Å². The van der Waals surface area contributed by atoms with Crippen LogP contribution >= 0.6 is 11.6 Å². The van der Waals surface area contributed by atoms with Gasteiger partial charge in [-0.05, 0) is 35.4 Å². The van der Waals surface area contributed by atoms with Crippen LogP contribution in [0, 0.1) is 11.3 Å². The lowest BCUT2D eigenvalue weighted by Crippen LogP contribution is -2.10. The molecule has 0 aliphatic rings. The summed E-state index contributed by atoms with van der Waals surface area (Å²) in [5, 5.41) is 9.19. The average Bonchev–Trinajstić information content (AvgIpc) is 2.86. The smallest absolute Gasteiger partial charge is 0.203 e. The van der Waals surface area contributed by atoms with Gasteiger partial charge in [0.15, 0.2) is 5.78 Å². The van der Waals surface area contributed by atoms with Gasteiger partial charge in [-0.2, -0.15) is 5.26 Å². The van der Waals surface area contributed by atoms with Crippen LogP contribution < -0.4 is 4.74 Å². The van der Waals surface area contributed by atoms with Gasteiger partial charge in [-0.1, -0.05) is 12.1 Å². The van der Waals surface area contributed by atoms with Crippen LogP contribution in [-0.4, -0.2) is 12.9 Å². The Kier molecular flexibility index (Phi) is 3.88. The lowest BCUT2D eigenvalue weighted by Gasteiger charge is -2.08. The minimum atomic E-state index is -0.916. The molecule has 0 radical (unpaired) electrons. The molecule has 0 N–H and O–H groups in total. The first-order chi connectivity index (χ1) is 9.17. The summed E-state index contributed by atoms with van der Waals surface area (Å²) < 4.78 is 9.90. The number of rotatable bonds is 4. The fourth-order valence-corrected chi connectivity index (χ4v) is 1.91. The van der Waals surface area contributed by atoms with Gasteiger partial charge in [0.1, 0.15) is 11.7 Å². The topological polar surface area (TPSA) is 63.2 Å². The molecular weight excluding hydrogens is 266 g/mol. The quantitative estimate of drug-likeness (QED) is 0.802. The van der Waals surface area contributed by atoms with Crippen LogP contribution in [-0.2, 0) is 0 Å². The van der Waals surface area contributed by atoms with Crippen molar-refractivity contribution in [2.45, 2.75) is 5.92 Å². The van der Waals surface area contributed by atoms with Gasteiger partial charge in [0, 0.05) is 0 Å². The lowest BCUT2D eigenvalue weighted by atomic mass is 9.93. The third kappa shape index (κ3) is 2.61. The molecule has 5 heteroatoms. The Balaban J connectivity index is 2.32. The molecule has 0 bridgehead atoms. The van der Waals surface area contributed by atoms with E-state index in [9.17, 15) is 10.1 Å². The molecule has 0 aliphatic heterocycles. The molecule has 1 atom stereocenters. The van der Waals surface area contributed by atoms with Crippen molar-refractivity contribution in [3.63, 3.8) is 0 Å². The number of hydrogen-bond donors (Lipinski definition) is 0. The number of ether oxygens (including phenoxy) is 1. The van der Waals surface area contributed by atoms with Crippen LogP contribution in [0.5, 0.6) is 5.75 Å². The molecule has 0 saturated heterocycles. The average molecular weight is 276 g/mol. The van der Waals surface area contributed by atoms with Crippen molar-refractivity contribution in [2.24, 2.45) is 0 Å². The highest BCUT2D eigenvalue weighted by molar-refractivity contribution is 6.32. The maximum atomic E-state index is 12.2. The summed E-state index contributed by atoms with van der Waals surface area (Å²) in [6.07, 6.45) is 1.32. The summed E-state index contributed by atoms with van der Waals surface area (Å²) in [4.78, 5) is 12.2. The summed E-state index contributed by atoms with van der Waals surface area (Å²) in [7, 11) is 1.55. The van der Waals surface area contributed by atoms with E-state index in [1.807, 2.05) is 6.07 Å². The highest BCUT2D eigenvalue weighted by Gasteiger charge is 2.25. The molecule has 2 aromatic rings. The first kappa shape index (κ1) is 13.2. The van der Waals surface area contributed by atoms with Crippen LogP contribution in [0.4, 0.5) is 0 Å². The summed E-state index contributed by atoms with van der Waals surface area (Å²) in [5.74, 6) is -0.637. The van der Waals surface area contributed by atoms with Gasteiger partial charge in [0.25, 0.3) is 0 Å². The van der Waals surface area contributed by atoms with Gasteiger partial charge in [0.05, 0.1) is 25.0 Å². The molecule has 0 fully saturated rings. The number of hydrogen-bond acceptors (Lipinski definition) is 4. The van der Waals surface area contributed by atoms with Crippen LogP contribution in [0.3, 0.4) is 0 Å². The zero-order chi connectivity index (χ0) is 13.8. The molecular formula is C14H10ClNO3. The Morgan fingerprint density at radius 3 is 2.53 bits per heavy atom. The molecule has 4 nitrogen and oxygen atoms in total. The summed E-state index contributed by atoms with van der Waals surface area (Å²) >= 11 is 5.75. The number of Topliss-reactive ketones (excluding diaryl/α,β-unsaturated/α-hetero) is 1. The van der Waals surface area contributed by atoms with E-state index in [1.165, 1.54) is 12.3 Å². The summed E-state index contributed by atoms with van der Waals surface area (Å²) in [6, 6.07) is 10.2. The van der Waals surface area contributed by atoms with Crippen molar-refractivity contribution >= 4 is 17.4 Å². The van der Waals surface area contributed by atoms with E-state index in [0.29, 0.717) is 11.3 Å². The van der Waals surface area contributed by atoms with E-state index in [-0.39, 0.29) is 16.6 Å². The number of benzene rings is 1. The first-order valence-electron chi connectivity index (χ1n) is 5.48. The molecule has 1 aromatic heterocycles. The van der Waals surface area contributed by atoms with Crippen LogP contribution in [0.2, 0.25) is 5.22 Å². The van der Waals surface area contributed by atoms with Gasteiger partial charge in [-0.3, -0.25) is 4.79 Å². The number of halogens is 1. The Morgan fingerprint density at radius 2 is 2.05 bits per heavy atom. The number of methoxy groups -OCH3 is 1. The molecule has 96 valence electrons. The number of nitriles is 1. The van der Waals surface area contributed by atoms with Crippen molar-refractivity contribution in [1.82, 2.24) is 0 Å². The second-order valence-electron chi connectivity index (χ2n) is 3.81. The van der Waals surface area contributed by atoms with Gasteiger partial charge in [-0.25, -0.2) is 0 Å². The molecule has 1 unspecified atom stereocenters. The Morgan fingerprint density at radius 1 is 1.37 bits per heavy atom. The third-order valence-electron chi connectivity index (χ3n) is 2.72. The predicted molar refractivity (Wildman–Crippen MR) is 69.4 cm³/mol. The zero-order valence-corrected chi connectivity index (χ0v) is 10.8. The molecule has 2 rings (SSSR count). The first-order valence-corrected chi connectivity index (χ1v) is 5.86. The molecule has 0 amide bonds. The molecule has 0 aliphatic carbocycles. The lowest BCUT2D eigenvalue weighted by molar-refractivity contribution is 0.0978. The number of ketones is 1. The van der Waals surface area contributed by atoms with E-state index in [2.05, 4.69) is 0 Å².